The van der Waals surface area contributed by atoms with Gasteiger partial charge in [-0.3, -0.25) is 4.99 Å². The van der Waals surface area contributed by atoms with Crippen LogP contribution in [0.4, 0.5) is 0 Å². The number of nitrogens with one attached hydrogen (secondary N) is 1. The lowest BCUT2D eigenvalue weighted by Crippen LogP contribution is -2.25. The van der Waals surface area contributed by atoms with Gasteiger partial charge in [0.25, 0.3) is 0 Å². The number of aliphatic imine (C=N–C) groups is 1. The van der Waals surface area contributed by atoms with Crippen LogP contribution in [0.2, 0.25) is 0 Å². The SMILES string of the molecule is CC(C)CNC1=NCC(C)(C)S1. The Hall–Kier alpha value is -0.180. The zero-order valence-electron chi connectivity index (χ0n) is 8.35. The van der Waals surface area contributed by atoms with Crippen LogP contribution in [-0.4, -0.2) is 23.0 Å². The van der Waals surface area contributed by atoms with Crippen LogP contribution < -0.4 is 5.32 Å². The van der Waals surface area contributed by atoms with E-state index in [-0.39, 0.29) is 0 Å². The summed E-state index contributed by atoms with van der Waals surface area (Å²) in [5.41, 5.74) is 0. The molecule has 0 aliphatic carbocycles. The first-order valence-electron chi connectivity index (χ1n) is 4.47. The standard InChI is InChI=1S/C9H18N2S/c1-7(2)5-10-8-11-6-9(3,4)12-8/h7H,5-6H2,1-4H3,(H,10,11). The summed E-state index contributed by atoms with van der Waals surface area (Å²) < 4.78 is 0.305. The number of amidine groups is 1. The van der Waals surface area contributed by atoms with E-state index in [1.54, 1.807) is 0 Å². The molecule has 0 aromatic rings. The molecule has 1 heterocycles. The number of thioether (sulfide) groups is 1. The summed E-state index contributed by atoms with van der Waals surface area (Å²) in [5, 5.41) is 4.47. The van der Waals surface area contributed by atoms with Crippen LogP contribution in [0.5, 0.6) is 0 Å². The van der Waals surface area contributed by atoms with E-state index in [1.165, 1.54) is 0 Å². The lowest BCUT2D eigenvalue weighted by Gasteiger charge is -2.14. The molecule has 0 spiro atoms. The van der Waals surface area contributed by atoms with Gasteiger partial charge in [-0.15, -0.1) is 0 Å². The van der Waals surface area contributed by atoms with Gasteiger partial charge in [0.1, 0.15) is 0 Å². The van der Waals surface area contributed by atoms with E-state index in [4.69, 9.17) is 0 Å². The smallest absolute Gasteiger partial charge is 0.157 e. The molecular weight excluding hydrogens is 168 g/mol. The molecule has 12 heavy (non-hydrogen) atoms. The molecule has 0 unspecified atom stereocenters. The molecule has 0 fully saturated rings. The van der Waals surface area contributed by atoms with Crippen molar-refractivity contribution in [3.63, 3.8) is 0 Å². The van der Waals surface area contributed by atoms with Crippen molar-refractivity contribution in [2.75, 3.05) is 13.1 Å². The molecule has 1 aliphatic heterocycles. The predicted octanol–water partition coefficient (Wildman–Crippen LogP) is 2.11. The van der Waals surface area contributed by atoms with Gasteiger partial charge in [0.15, 0.2) is 5.17 Å². The Morgan fingerprint density at radius 3 is 2.67 bits per heavy atom. The molecular formula is C9H18N2S. The van der Waals surface area contributed by atoms with E-state index >= 15 is 0 Å². The highest BCUT2D eigenvalue weighted by molar-refractivity contribution is 8.15. The fourth-order valence-corrected chi connectivity index (χ4v) is 1.91. The first-order valence-corrected chi connectivity index (χ1v) is 5.28. The Morgan fingerprint density at radius 1 is 1.58 bits per heavy atom. The zero-order valence-corrected chi connectivity index (χ0v) is 9.16. The van der Waals surface area contributed by atoms with E-state index in [2.05, 4.69) is 38.0 Å². The highest BCUT2D eigenvalue weighted by Gasteiger charge is 2.26. The van der Waals surface area contributed by atoms with Gasteiger partial charge in [0.05, 0.1) is 6.54 Å². The molecule has 0 amide bonds. The van der Waals surface area contributed by atoms with Crippen LogP contribution in [0.25, 0.3) is 0 Å². The van der Waals surface area contributed by atoms with Crippen molar-refractivity contribution in [3.05, 3.63) is 0 Å². The predicted molar refractivity (Wildman–Crippen MR) is 56.8 cm³/mol. The van der Waals surface area contributed by atoms with Crippen molar-refractivity contribution in [1.82, 2.24) is 5.32 Å². The summed E-state index contributed by atoms with van der Waals surface area (Å²) in [6, 6.07) is 0. The lowest BCUT2D eigenvalue weighted by molar-refractivity contribution is 0.627. The van der Waals surface area contributed by atoms with Gasteiger partial charge in [-0.1, -0.05) is 25.6 Å². The van der Waals surface area contributed by atoms with Gasteiger partial charge in [-0.05, 0) is 19.8 Å². The molecule has 3 heteroatoms. The molecule has 1 N–H and O–H groups in total. The normalized spacial score (nSPS) is 21.2. The maximum absolute atomic E-state index is 4.43. The summed E-state index contributed by atoms with van der Waals surface area (Å²) in [4.78, 5) is 4.43. The quantitative estimate of drug-likeness (QED) is 0.714. The molecule has 1 aliphatic rings. The van der Waals surface area contributed by atoms with Crippen molar-refractivity contribution in [2.24, 2.45) is 10.9 Å². The maximum Gasteiger partial charge on any atom is 0.157 e. The van der Waals surface area contributed by atoms with E-state index in [1.807, 2.05) is 11.8 Å². The van der Waals surface area contributed by atoms with E-state index in [0.29, 0.717) is 10.7 Å². The summed E-state index contributed by atoms with van der Waals surface area (Å²) in [6.07, 6.45) is 0. The Bertz CT molecular complexity index is 185. The Balaban J connectivity index is 2.28. The van der Waals surface area contributed by atoms with Crippen LogP contribution in [0.15, 0.2) is 4.99 Å². The van der Waals surface area contributed by atoms with Gasteiger partial charge < -0.3 is 5.32 Å². The molecule has 0 aromatic heterocycles. The minimum atomic E-state index is 0.305. The molecule has 0 atom stereocenters. The third kappa shape index (κ3) is 3.05. The first-order chi connectivity index (χ1) is 5.49. The number of hydrogen-bond acceptors (Lipinski definition) is 3. The monoisotopic (exact) mass is 186 g/mol. The van der Waals surface area contributed by atoms with Crippen molar-refractivity contribution in [3.8, 4) is 0 Å². The first kappa shape index (κ1) is 9.90. The minimum Gasteiger partial charge on any atom is -0.365 e. The van der Waals surface area contributed by atoms with Crippen LogP contribution in [0.1, 0.15) is 27.7 Å². The highest BCUT2D eigenvalue weighted by atomic mass is 32.2. The van der Waals surface area contributed by atoms with Crippen molar-refractivity contribution >= 4 is 16.9 Å². The number of hydrogen-bond donors (Lipinski definition) is 1. The van der Waals surface area contributed by atoms with Gasteiger partial charge in [-0.2, -0.15) is 0 Å². The molecule has 0 saturated heterocycles. The van der Waals surface area contributed by atoms with Gasteiger partial charge in [-0.25, -0.2) is 0 Å². The van der Waals surface area contributed by atoms with Crippen molar-refractivity contribution in [1.29, 1.82) is 0 Å². The van der Waals surface area contributed by atoms with Crippen LogP contribution in [0, 0.1) is 5.92 Å². The topological polar surface area (TPSA) is 24.4 Å². The fourth-order valence-electron chi connectivity index (χ4n) is 0.972. The summed E-state index contributed by atoms with van der Waals surface area (Å²) in [7, 11) is 0. The molecule has 70 valence electrons. The van der Waals surface area contributed by atoms with E-state index in [0.717, 1.165) is 18.3 Å². The minimum absolute atomic E-state index is 0.305. The second kappa shape index (κ2) is 3.69. The number of rotatable bonds is 2. The molecule has 0 aromatic carbocycles. The third-order valence-corrected chi connectivity index (χ3v) is 2.79. The fraction of sp³-hybridized carbons (Fsp3) is 0.889. The second-order valence-electron chi connectivity index (χ2n) is 4.26. The Morgan fingerprint density at radius 2 is 2.25 bits per heavy atom. The Labute approximate surface area is 79.2 Å². The Kier molecular flexibility index (Phi) is 3.04. The molecule has 2 nitrogen and oxygen atoms in total. The number of nitrogens with zero attached hydrogens (tertiary/aromatic N) is 1. The maximum atomic E-state index is 4.43. The van der Waals surface area contributed by atoms with E-state index in [9.17, 15) is 0 Å². The summed E-state index contributed by atoms with van der Waals surface area (Å²) >= 11 is 1.85. The van der Waals surface area contributed by atoms with Gasteiger partial charge >= 0.3 is 0 Å². The summed E-state index contributed by atoms with van der Waals surface area (Å²) in [5.74, 6) is 0.692. The average Bonchev–Trinajstić information content (AvgIpc) is 2.26. The average molecular weight is 186 g/mol. The molecule has 0 saturated carbocycles. The van der Waals surface area contributed by atoms with Crippen LogP contribution in [0.3, 0.4) is 0 Å². The molecule has 0 bridgehead atoms. The lowest BCUT2D eigenvalue weighted by atomic mass is 10.2. The zero-order chi connectivity index (χ0) is 9.19. The third-order valence-electron chi connectivity index (χ3n) is 1.64. The second-order valence-corrected chi connectivity index (χ2v) is 5.95. The van der Waals surface area contributed by atoms with Crippen molar-refractivity contribution in [2.45, 2.75) is 32.4 Å². The van der Waals surface area contributed by atoms with Gasteiger partial charge in [0, 0.05) is 11.3 Å². The van der Waals surface area contributed by atoms with E-state index < -0.39 is 0 Å². The largest absolute Gasteiger partial charge is 0.365 e. The summed E-state index contributed by atoms with van der Waals surface area (Å²) in [6.45, 7) is 10.8. The van der Waals surface area contributed by atoms with Gasteiger partial charge in [0.2, 0.25) is 0 Å². The van der Waals surface area contributed by atoms with Crippen molar-refractivity contribution < 1.29 is 0 Å². The van der Waals surface area contributed by atoms with Crippen LogP contribution >= 0.6 is 11.8 Å². The van der Waals surface area contributed by atoms with Crippen LogP contribution in [-0.2, 0) is 0 Å². The molecule has 0 radical (unpaired) electrons. The highest BCUT2D eigenvalue weighted by Crippen LogP contribution is 2.30. The molecule has 1 rings (SSSR count).